The summed E-state index contributed by atoms with van der Waals surface area (Å²) in [5.74, 6) is -0.845. The Labute approximate surface area is 184 Å². The molecule has 0 radical (unpaired) electrons. The van der Waals surface area contributed by atoms with Gasteiger partial charge in [0, 0.05) is 31.0 Å². The fourth-order valence-corrected chi connectivity index (χ4v) is 8.13. The van der Waals surface area contributed by atoms with Crippen LogP contribution in [0.5, 0.6) is 0 Å². The molecule has 0 aromatic rings. The fourth-order valence-electron chi connectivity index (χ4n) is 5.71. The van der Waals surface area contributed by atoms with Crippen molar-refractivity contribution in [3.8, 4) is 0 Å². The molecule has 2 bridgehead atoms. The summed E-state index contributed by atoms with van der Waals surface area (Å²) in [6.45, 7) is 8.68. The predicted molar refractivity (Wildman–Crippen MR) is 118 cm³/mol. The molecule has 3 rings (SSSR count). The zero-order valence-corrected chi connectivity index (χ0v) is 19.7. The zero-order valence-electron chi connectivity index (χ0n) is 18.9. The SMILES string of the molecule is CNC(=O)[C@@H]1[C@@H]2CC(C)C3(S2)C(C(=O)NC(C)(C)C)N(CCCCCCO)C(=O)[C@H]13. The van der Waals surface area contributed by atoms with Crippen LogP contribution in [0.15, 0.2) is 0 Å². The molecule has 6 atom stereocenters. The number of hydrogen-bond donors (Lipinski definition) is 3. The van der Waals surface area contributed by atoms with Gasteiger partial charge in [-0.3, -0.25) is 14.4 Å². The minimum atomic E-state index is -0.549. The van der Waals surface area contributed by atoms with E-state index in [1.165, 1.54) is 0 Å². The molecule has 0 aliphatic carbocycles. The van der Waals surface area contributed by atoms with E-state index in [1.807, 2.05) is 20.8 Å². The summed E-state index contributed by atoms with van der Waals surface area (Å²) >= 11 is 1.71. The van der Waals surface area contributed by atoms with E-state index in [2.05, 4.69) is 17.6 Å². The van der Waals surface area contributed by atoms with Gasteiger partial charge in [-0.15, -0.1) is 11.8 Å². The maximum Gasteiger partial charge on any atom is 0.244 e. The third kappa shape index (κ3) is 3.85. The average Bonchev–Trinajstić information content (AvgIpc) is 3.23. The number of hydrogen-bond acceptors (Lipinski definition) is 5. The summed E-state index contributed by atoms with van der Waals surface area (Å²) in [7, 11) is 1.62. The number of amides is 3. The highest BCUT2D eigenvalue weighted by Crippen LogP contribution is 2.68. The van der Waals surface area contributed by atoms with Crippen molar-refractivity contribution in [1.82, 2.24) is 15.5 Å². The van der Waals surface area contributed by atoms with Gasteiger partial charge in [0.2, 0.25) is 17.7 Å². The Hall–Kier alpha value is -1.28. The van der Waals surface area contributed by atoms with Crippen LogP contribution in [0, 0.1) is 17.8 Å². The molecule has 3 amide bonds. The number of unbranched alkanes of at least 4 members (excludes halogenated alkanes) is 3. The Bertz CT molecular complexity index is 694. The molecule has 3 heterocycles. The highest BCUT2D eigenvalue weighted by atomic mass is 32.2. The Morgan fingerprint density at radius 1 is 1.20 bits per heavy atom. The second kappa shape index (κ2) is 8.69. The van der Waals surface area contributed by atoms with E-state index in [9.17, 15) is 14.4 Å². The third-order valence-electron chi connectivity index (χ3n) is 6.85. The monoisotopic (exact) mass is 439 g/mol. The highest BCUT2D eigenvalue weighted by Gasteiger charge is 2.75. The largest absolute Gasteiger partial charge is 0.396 e. The van der Waals surface area contributed by atoms with Crippen LogP contribution in [0.3, 0.4) is 0 Å². The van der Waals surface area contributed by atoms with Gasteiger partial charge in [-0.05, 0) is 46.0 Å². The summed E-state index contributed by atoms with van der Waals surface area (Å²) < 4.78 is -0.542. The molecule has 3 unspecified atom stereocenters. The summed E-state index contributed by atoms with van der Waals surface area (Å²) in [5, 5.41) is 14.9. The molecule has 30 heavy (non-hydrogen) atoms. The number of carbonyl (C=O) groups excluding carboxylic acids is 3. The fraction of sp³-hybridized carbons (Fsp3) is 0.864. The van der Waals surface area contributed by atoms with E-state index in [-0.39, 0.29) is 41.4 Å². The molecular formula is C22H37N3O4S. The number of fused-ring (bicyclic) bond motifs is 1. The van der Waals surface area contributed by atoms with Gasteiger partial charge < -0.3 is 20.6 Å². The van der Waals surface area contributed by atoms with E-state index in [4.69, 9.17) is 5.11 Å². The van der Waals surface area contributed by atoms with Crippen LogP contribution >= 0.6 is 11.8 Å². The van der Waals surface area contributed by atoms with Crippen LogP contribution in [-0.4, -0.2) is 69.5 Å². The molecule has 3 saturated heterocycles. The van der Waals surface area contributed by atoms with Gasteiger partial charge in [0.25, 0.3) is 0 Å². The van der Waals surface area contributed by atoms with Gasteiger partial charge in [-0.2, -0.15) is 0 Å². The topological polar surface area (TPSA) is 98.7 Å². The molecule has 3 N–H and O–H groups in total. The van der Waals surface area contributed by atoms with Crippen LogP contribution < -0.4 is 10.6 Å². The first-order valence-electron chi connectivity index (χ1n) is 11.2. The van der Waals surface area contributed by atoms with Crippen molar-refractivity contribution < 1.29 is 19.5 Å². The number of carbonyl (C=O) groups is 3. The number of likely N-dealkylation sites (tertiary alicyclic amines) is 1. The minimum Gasteiger partial charge on any atom is -0.396 e. The van der Waals surface area contributed by atoms with Gasteiger partial charge in [-0.1, -0.05) is 19.8 Å². The van der Waals surface area contributed by atoms with Gasteiger partial charge in [0.1, 0.15) is 6.04 Å². The Morgan fingerprint density at radius 2 is 1.87 bits per heavy atom. The molecule has 3 aliphatic heterocycles. The standard InChI is InChI=1S/C22H37N3O4S/c1-13-12-14-15(18(27)23-5)16-20(29)25(10-8-6-7-9-11-26)17(22(13,16)30-14)19(28)24-21(2,3)4/h13-17,26H,6-12H2,1-5H3,(H,23,27)(H,24,28)/t13?,14-,15+,16-,17?,22?/m0/s1. The van der Waals surface area contributed by atoms with E-state index >= 15 is 0 Å². The predicted octanol–water partition coefficient (Wildman–Crippen LogP) is 1.54. The van der Waals surface area contributed by atoms with Gasteiger partial charge in [-0.25, -0.2) is 0 Å². The van der Waals surface area contributed by atoms with Crippen molar-refractivity contribution in [2.24, 2.45) is 17.8 Å². The normalized spacial score (nSPS) is 34.9. The maximum atomic E-state index is 13.7. The first kappa shape index (κ1) is 23.4. The summed E-state index contributed by atoms with van der Waals surface area (Å²) in [6, 6.07) is -0.549. The molecule has 170 valence electrons. The second-order valence-electron chi connectivity index (χ2n) is 10.1. The van der Waals surface area contributed by atoms with Crippen molar-refractivity contribution >= 4 is 29.5 Å². The Balaban J connectivity index is 1.93. The lowest BCUT2D eigenvalue weighted by Crippen LogP contribution is -2.59. The minimum absolute atomic E-state index is 0.0404. The lowest BCUT2D eigenvalue weighted by molar-refractivity contribution is -0.140. The molecular weight excluding hydrogens is 402 g/mol. The third-order valence-corrected chi connectivity index (χ3v) is 8.92. The van der Waals surface area contributed by atoms with E-state index in [0.29, 0.717) is 6.54 Å². The van der Waals surface area contributed by atoms with Crippen LogP contribution in [0.1, 0.15) is 59.8 Å². The molecule has 3 fully saturated rings. The Kier molecular flexibility index (Phi) is 6.77. The zero-order chi connectivity index (χ0) is 22.3. The van der Waals surface area contributed by atoms with Crippen molar-refractivity contribution in [2.75, 3.05) is 20.2 Å². The number of nitrogens with zero attached hydrogens (tertiary/aromatic N) is 1. The lowest BCUT2D eigenvalue weighted by Gasteiger charge is -2.39. The molecule has 8 heteroatoms. The van der Waals surface area contributed by atoms with Crippen LogP contribution in [-0.2, 0) is 14.4 Å². The van der Waals surface area contributed by atoms with Crippen molar-refractivity contribution in [2.45, 2.75) is 81.4 Å². The second-order valence-corrected chi connectivity index (χ2v) is 11.6. The van der Waals surface area contributed by atoms with Gasteiger partial charge >= 0.3 is 0 Å². The number of nitrogens with one attached hydrogen (secondary N) is 2. The van der Waals surface area contributed by atoms with Crippen LogP contribution in [0.4, 0.5) is 0 Å². The number of thioether (sulfide) groups is 1. The quantitative estimate of drug-likeness (QED) is 0.498. The lowest BCUT2D eigenvalue weighted by atomic mass is 9.66. The summed E-state index contributed by atoms with van der Waals surface area (Å²) in [4.78, 5) is 41.7. The molecule has 7 nitrogen and oxygen atoms in total. The first-order chi connectivity index (χ1) is 14.1. The van der Waals surface area contributed by atoms with E-state index < -0.39 is 22.2 Å². The van der Waals surface area contributed by atoms with Crippen molar-refractivity contribution in [3.63, 3.8) is 0 Å². The molecule has 1 spiro atoms. The summed E-state index contributed by atoms with van der Waals surface area (Å²) in [5.41, 5.74) is -0.396. The molecule has 0 aromatic carbocycles. The van der Waals surface area contributed by atoms with E-state index in [0.717, 1.165) is 32.1 Å². The average molecular weight is 440 g/mol. The highest BCUT2D eigenvalue weighted by molar-refractivity contribution is 8.02. The first-order valence-corrected chi connectivity index (χ1v) is 12.1. The van der Waals surface area contributed by atoms with Crippen molar-refractivity contribution in [1.29, 1.82) is 0 Å². The van der Waals surface area contributed by atoms with E-state index in [1.54, 1.807) is 23.7 Å². The smallest absolute Gasteiger partial charge is 0.244 e. The molecule has 3 aliphatic rings. The van der Waals surface area contributed by atoms with Gasteiger partial charge in [0.15, 0.2) is 0 Å². The van der Waals surface area contributed by atoms with Crippen LogP contribution in [0.2, 0.25) is 0 Å². The van der Waals surface area contributed by atoms with Gasteiger partial charge in [0.05, 0.1) is 16.6 Å². The number of rotatable bonds is 8. The number of aliphatic hydroxyl groups excluding tert-OH is 1. The number of aliphatic hydroxyl groups is 1. The van der Waals surface area contributed by atoms with Crippen molar-refractivity contribution in [3.05, 3.63) is 0 Å². The maximum absolute atomic E-state index is 13.7. The summed E-state index contributed by atoms with van der Waals surface area (Å²) in [6.07, 6.45) is 4.21. The Morgan fingerprint density at radius 3 is 2.47 bits per heavy atom. The molecule has 0 aromatic heterocycles. The van der Waals surface area contributed by atoms with Crippen LogP contribution in [0.25, 0.3) is 0 Å². The molecule has 0 saturated carbocycles.